The highest BCUT2D eigenvalue weighted by Gasteiger charge is 2.73. The Labute approximate surface area is 352 Å². The Morgan fingerprint density at radius 3 is 2.05 bits per heavy atom. The van der Waals surface area contributed by atoms with Crippen LogP contribution in [0.15, 0.2) is 35.5 Å². The number of hydrogen-bond donors (Lipinski definition) is 0. The number of allylic oxidation sites excluding steroid dienone is 4. The average molecular weight is 873 g/mol. The Bertz CT molecular complexity index is 1720. The van der Waals surface area contributed by atoms with Gasteiger partial charge in [-0.05, 0) is 163 Å². The van der Waals surface area contributed by atoms with E-state index in [-0.39, 0.29) is 42.2 Å². The first-order chi connectivity index (χ1) is 28.0. The second-order valence-corrected chi connectivity index (χ2v) is 34.2. The molecule has 0 heterocycles. The topological polar surface area (TPSA) is 27.7 Å². The fraction of sp³-hybridized carbons (Fsp3) is 0.818. The molecular formula is C44H73F7O3Si3. The maximum Gasteiger partial charge on any atom is 0.437 e. The molecule has 0 spiro atoms. The standard InChI is InChI=1S/C44H73F7O3Si3/c1-31-34(29-35(30-38(31)45)52-57(14,15)39(2,3)4)23-22-33-20-17-27-41(7)36(24-25-37(33)41)32(19-16-26-40(5,6)53-55(8,9)10)21-18-28-42(43(46,47)48,44(49,50)51)54-56(11,12)13/h22-23,32,35-38H,1,16-17,19-21,24-27,29-30H2,2-15H3/b33-22+,34-23-/t32-,35+,36+,37-,38-,41+/m0/s1/i5D3,6D3. The van der Waals surface area contributed by atoms with Gasteiger partial charge in [0, 0.05) is 21.1 Å². The quantitative estimate of drug-likeness (QED) is 0.105. The Morgan fingerprint density at radius 2 is 1.53 bits per heavy atom. The molecule has 0 aliphatic heterocycles. The first-order valence-electron chi connectivity index (χ1n) is 23.5. The molecule has 0 aromatic rings. The van der Waals surface area contributed by atoms with Crippen LogP contribution in [-0.4, -0.2) is 60.8 Å². The smallest absolute Gasteiger partial charge is 0.413 e. The van der Waals surface area contributed by atoms with Crippen LogP contribution >= 0.6 is 0 Å². The van der Waals surface area contributed by atoms with Gasteiger partial charge in [-0.2, -0.15) is 26.3 Å². The maximum absolute atomic E-state index is 15.5. The third-order valence-electron chi connectivity index (χ3n) is 12.6. The molecule has 0 radical (unpaired) electrons. The normalized spacial score (nSPS) is 30.1. The van der Waals surface area contributed by atoms with Crippen molar-refractivity contribution in [1.82, 2.24) is 0 Å². The van der Waals surface area contributed by atoms with Crippen molar-refractivity contribution < 1.29 is 52.2 Å². The van der Waals surface area contributed by atoms with E-state index in [0.717, 1.165) is 24.0 Å². The largest absolute Gasteiger partial charge is 0.437 e. The van der Waals surface area contributed by atoms with Crippen LogP contribution in [0.1, 0.15) is 120 Å². The third-order valence-corrected chi connectivity index (χ3v) is 19.0. The van der Waals surface area contributed by atoms with Crippen LogP contribution in [-0.2, 0) is 13.3 Å². The van der Waals surface area contributed by atoms with Crippen molar-refractivity contribution >= 4 is 25.0 Å². The van der Waals surface area contributed by atoms with Crippen molar-refractivity contribution in [1.29, 1.82) is 0 Å². The van der Waals surface area contributed by atoms with Crippen molar-refractivity contribution in [3.63, 3.8) is 0 Å². The molecule has 3 aliphatic carbocycles. The highest BCUT2D eigenvalue weighted by Crippen LogP contribution is 2.60. The number of halogens is 7. The van der Waals surface area contributed by atoms with Crippen LogP contribution in [0.3, 0.4) is 0 Å². The molecule has 13 heteroatoms. The predicted molar refractivity (Wildman–Crippen MR) is 227 cm³/mol. The van der Waals surface area contributed by atoms with Gasteiger partial charge in [0.15, 0.2) is 25.0 Å². The number of hydrogen-bond acceptors (Lipinski definition) is 3. The second-order valence-electron chi connectivity index (χ2n) is 20.6. The Hall–Kier alpha value is -1.18. The first-order valence-corrected chi connectivity index (χ1v) is 30.2. The number of fused-ring (bicyclic) bond motifs is 1. The fourth-order valence-corrected chi connectivity index (χ4v) is 12.7. The highest BCUT2D eigenvalue weighted by atomic mass is 28.4. The van der Waals surface area contributed by atoms with Gasteiger partial charge < -0.3 is 13.3 Å². The Morgan fingerprint density at radius 1 is 0.930 bits per heavy atom. The van der Waals surface area contributed by atoms with Gasteiger partial charge in [0.1, 0.15) is 6.17 Å². The molecule has 0 aromatic heterocycles. The second kappa shape index (κ2) is 17.7. The molecule has 0 aromatic carbocycles. The molecule has 3 nitrogen and oxygen atoms in total. The minimum absolute atomic E-state index is 0.0143. The predicted octanol–water partition coefficient (Wildman–Crippen LogP) is 14.7. The zero-order valence-electron chi connectivity index (χ0n) is 42.4. The molecule has 3 fully saturated rings. The number of rotatable bonds is 13. The van der Waals surface area contributed by atoms with Gasteiger partial charge >= 0.3 is 18.0 Å². The highest BCUT2D eigenvalue weighted by molar-refractivity contribution is 6.74. The summed E-state index contributed by atoms with van der Waals surface area (Å²) in [5.74, 6) is 2.92. The van der Waals surface area contributed by atoms with E-state index in [1.165, 1.54) is 19.6 Å². The van der Waals surface area contributed by atoms with Crippen LogP contribution < -0.4 is 0 Å². The van der Waals surface area contributed by atoms with Crippen molar-refractivity contribution in [2.45, 2.75) is 205 Å². The van der Waals surface area contributed by atoms with Gasteiger partial charge in [-0.3, -0.25) is 0 Å². The SMILES string of the molecule is [2H]C([2H])([2H])C(CCC[C@@H](CC#CC(O[Si](C)(C)C)(C(F)(F)F)C(F)(F)F)[C@H]1CC[C@H]2/C(=C/C=C3/C[C@@H](O[Si](C)(C)C(C)(C)C)C[C@H](F)C3=C)CCC[C@]12C)(O[Si](C)(C)C)C([2H])([2H])[2H]. The Balaban J connectivity index is 2.11. The van der Waals surface area contributed by atoms with E-state index >= 15 is 4.39 Å². The minimum atomic E-state index is -5.91. The summed E-state index contributed by atoms with van der Waals surface area (Å²) in [5, 5.41) is -0.0640. The summed E-state index contributed by atoms with van der Waals surface area (Å²) in [6.45, 7) is 19.4. The van der Waals surface area contributed by atoms with Crippen LogP contribution in [0.5, 0.6) is 0 Å². The average Bonchev–Trinajstić information content (AvgIpc) is 3.40. The fourth-order valence-electron chi connectivity index (χ4n) is 9.00. The minimum Gasteiger partial charge on any atom is -0.413 e. The van der Waals surface area contributed by atoms with Gasteiger partial charge in [-0.1, -0.05) is 64.3 Å². The summed E-state index contributed by atoms with van der Waals surface area (Å²) in [6, 6.07) is 0. The summed E-state index contributed by atoms with van der Waals surface area (Å²) >= 11 is 0. The van der Waals surface area contributed by atoms with E-state index in [4.69, 9.17) is 21.5 Å². The van der Waals surface area contributed by atoms with E-state index in [9.17, 15) is 26.3 Å². The van der Waals surface area contributed by atoms with E-state index < -0.39 is 92.6 Å². The number of alkyl halides is 7. The molecule has 6 atom stereocenters. The van der Waals surface area contributed by atoms with Crippen LogP contribution in [0.25, 0.3) is 0 Å². The van der Waals surface area contributed by atoms with Crippen molar-refractivity contribution in [3.8, 4) is 11.8 Å². The lowest BCUT2D eigenvalue weighted by Crippen LogP contribution is -2.61. The molecule has 0 saturated heterocycles. The van der Waals surface area contributed by atoms with Crippen LogP contribution in [0.2, 0.25) is 57.4 Å². The third kappa shape index (κ3) is 12.7. The lowest BCUT2D eigenvalue weighted by atomic mass is 9.60. The zero-order valence-corrected chi connectivity index (χ0v) is 39.4. The van der Waals surface area contributed by atoms with E-state index in [2.05, 4.69) is 53.3 Å². The molecule has 3 rings (SSSR count). The monoisotopic (exact) mass is 873 g/mol. The van der Waals surface area contributed by atoms with Gasteiger partial charge in [-0.15, -0.1) is 0 Å². The summed E-state index contributed by atoms with van der Waals surface area (Å²) in [6.07, 6.45) is -6.03. The van der Waals surface area contributed by atoms with E-state index in [1.807, 2.05) is 12.2 Å². The summed E-state index contributed by atoms with van der Waals surface area (Å²) < 4.78 is 171. The van der Waals surface area contributed by atoms with Crippen LogP contribution in [0.4, 0.5) is 30.7 Å². The summed E-state index contributed by atoms with van der Waals surface area (Å²) in [4.78, 5) is 0. The molecular weight excluding hydrogens is 794 g/mol. The molecule has 0 bridgehead atoms. The molecule has 0 unspecified atom stereocenters. The lowest BCUT2D eigenvalue weighted by molar-refractivity contribution is -0.336. The lowest BCUT2D eigenvalue weighted by Gasteiger charge is -2.45. The van der Waals surface area contributed by atoms with Crippen LogP contribution in [0, 0.1) is 35.0 Å². The van der Waals surface area contributed by atoms with Gasteiger partial charge in [-0.25, -0.2) is 4.39 Å². The molecule has 328 valence electrons. The summed E-state index contributed by atoms with van der Waals surface area (Å²) in [7, 11) is -8.53. The molecule has 0 N–H and O–H groups in total. The summed E-state index contributed by atoms with van der Waals surface area (Å²) in [5.41, 5.74) is -5.44. The van der Waals surface area contributed by atoms with Crippen molar-refractivity contribution in [2.24, 2.45) is 23.2 Å². The molecule has 0 amide bonds. The van der Waals surface area contributed by atoms with E-state index in [1.54, 1.807) is 25.6 Å². The molecule has 57 heavy (non-hydrogen) atoms. The van der Waals surface area contributed by atoms with Crippen molar-refractivity contribution in [3.05, 3.63) is 35.5 Å². The first kappa shape index (κ1) is 41.2. The molecule has 3 saturated carbocycles. The van der Waals surface area contributed by atoms with Gasteiger partial charge in [0.2, 0.25) is 0 Å². The zero-order chi connectivity index (χ0) is 48.8. The maximum atomic E-state index is 15.5. The Kier molecular flexibility index (Phi) is 12.8. The van der Waals surface area contributed by atoms with Crippen molar-refractivity contribution in [2.75, 3.05) is 0 Å². The van der Waals surface area contributed by atoms with Gasteiger partial charge in [0.25, 0.3) is 0 Å². The van der Waals surface area contributed by atoms with E-state index in [0.29, 0.717) is 31.3 Å². The molecule has 3 aliphatic rings. The van der Waals surface area contributed by atoms with Gasteiger partial charge in [0.05, 0.1) is 11.7 Å².